The van der Waals surface area contributed by atoms with E-state index in [4.69, 9.17) is 0 Å². The van der Waals surface area contributed by atoms with Crippen LogP contribution in [-0.2, 0) is 6.42 Å². The Labute approximate surface area is 91.3 Å². The average Bonchev–Trinajstić information content (AvgIpc) is 2.82. The van der Waals surface area contributed by atoms with Crippen LogP contribution in [0.1, 0.15) is 43.0 Å². The minimum Gasteiger partial charge on any atom is -0.295 e. The highest BCUT2D eigenvalue weighted by molar-refractivity contribution is 5.25. The molecule has 1 atom stereocenters. The molecule has 1 aliphatic carbocycles. The van der Waals surface area contributed by atoms with Crippen LogP contribution in [0.25, 0.3) is 0 Å². The number of nitrogens with zero attached hydrogens (tertiary/aromatic N) is 2. The maximum absolute atomic E-state index is 4.60. The summed E-state index contributed by atoms with van der Waals surface area (Å²) >= 11 is 0. The van der Waals surface area contributed by atoms with Gasteiger partial charge in [-0.2, -0.15) is 0 Å². The predicted octanol–water partition coefficient (Wildman–Crippen LogP) is 2.55. The van der Waals surface area contributed by atoms with E-state index in [9.17, 15) is 0 Å². The van der Waals surface area contributed by atoms with E-state index in [0.717, 1.165) is 0 Å². The molecule has 2 heteroatoms. The van der Waals surface area contributed by atoms with Gasteiger partial charge in [-0.15, -0.1) is 0 Å². The van der Waals surface area contributed by atoms with Gasteiger partial charge in [0.15, 0.2) is 0 Å². The first-order valence-electron chi connectivity index (χ1n) is 6.13. The standard InChI is InChI=1S/C13H18N2/c1-2-10-15(9-1)12-7-3-5-11-6-4-8-14-13(11)12/h4,6,8,12H,1-3,5,7,9-10H2. The second kappa shape index (κ2) is 3.93. The zero-order valence-electron chi connectivity index (χ0n) is 9.15. The predicted molar refractivity (Wildman–Crippen MR) is 60.7 cm³/mol. The normalized spacial score (nSPS) is 26.5. The Morgan fingerprint density at radius 2 is 2.07 bits per heavy atom. The highest BCUT2D eigenvalue weighted by Gasteiger charge is 2.28. The molecule has 2 aliphatic rings. The van der Waals surface area contributed by atoms with Gasteiger partial charge in [0.25, 0.3) is 0 Å². The molecule has 1 saturated heterocycles. The van der Waals surface area contributed by atoms with E-state index in [2.05, 4.69) is 22.0 Å². The van der Waals surface area contributed by atoms with Crippen molar-refractivity contribution in [1.29, 1.82) is 0 Å². The van der Waals surface area contributed by atoms with Crippen LogP contribution in [0.4, 0.5) is 0 Å². The van der Waals surface area contributed by atoms with Crippen molar-refractivity contribution >= 4 is 0 Å². The Hall–Kier alpha value is -0.890. The number of fused-ring (bicyclic) bond motifs is 1. The molecule has 0 bridgehead atoms. The first kappa shape index (κ1) is 9.34. The smallest absolute Gasteiger partial charge is 0.0607 e. The second-order valence-electron chi connectivity index (χ2n) is 4.70. The van der Waals surface area contributed by atoms with Crippen molar-refractivity contribution in [3.05, 3.63) is 29.6 Å². The third kappa shape index (κ3) is 1.67. The summed E-state index contributed by atoms with van der Waals surface area (Å²) in [4.78, 5) is 7.23. The molecule has 2 nitrogen and oxygen atoms in total. The summed E-state index contributed by atoms with van der Waals surface area (Å²) in [6.45, 7) is 2.56. The molecule has 0 aromatic carbocycles. The highest BCUT2D eigenvalue weighted by Crippen LogP contribution is 2.34. The van der Waals surface area contributed by atoms with Gasteiger partial charge in [-0.05, 0) is 56.8 Å². The van der Waals surface area contributed by atoms with Crippen molar-refractivity contribution in [3.63, 3.8) is 0 Å². The number of pyridine rings is 1. The Morgan fingerprint density at radius 1 is 1.20 bits per heavy atom. The van der Waals surface area contributed by atoms with E-state index in [1.807, 2.05) is 6.20 Å². The molecule has 0 saturated carbocycles. The lowest BCUT2D eigenvalue weighted by Gasteiger charge is -2.31. The van der Waals surface area contributed by atoms with E-state index < -0.39 is 0 Å². The van der Waals surface area contributed by atoms with Crippen molar-refractivity contribution in [3.8, 4) is 0 Å². The van der Waals surface area contributed by atoms with Gasteiger partial charge < -0.3 is 0 Å². The van der Waals surface area contributed by atoms with Crippen molar-refractivity contribution in [1.82, 2.24) is 9.88 Å². The van der Waals surface area contributed by atoms with Gasteiger partial charge in [0.1, 0.15) is 0 Å². The first-order valence-corrected chi connectivity index (χ1v) is 6.13. The molecule has 1 aliphatic heterocycles. The molecule has 1 aromatic rings. The van der Waals surface area contributed by atoms with E-state index >= 15 is 0 Å². The van der Waals surface area contributed by atoms with Gasteiger partial charge in [-0.25, -0.2) is 0 Å². The maximum atomic E-state index is 4.60. The van der Waals surface area contributed by atoms with Gasteiger partial charge >= 0.3 is 0 Å². The van der Waals surface area contributed by atoms with Gasteiger partial charge in [-0.3, -0.25) is 9.88 Å². The van der Waals surface area contributed by atoms with E-state index in [0.29, 0.717) is 6.04 Å². The largest absolute Gasteiger partial charge is 0.295 e. The molecule has 15 heavy (non-hydrogen) atoms. The monoisotopic (exact) mass is 202 g/mol. The van der Waals surface area contributed by atoms with E-state index in [1.54, 1.807) is 0 Å². The summed E-state index contributed by atoms with van der Waals surface area (Å²) in [6.07, 6.45) is 8.57. The minimum atomic E-state index is 0.623. The Kier molecular flexibility index (Phi) is 2.45. The SMILES string of the molecule is c1cnc2c(c1)CCCC2N1CCCC1. The van der Waals surface area contributed by atoms with Crippen LogP contribution in [0.2, 0.25) is 0 Å². The molecule has 1 aromatic heterocycles. The second-order valence-corrected chi connectivity index (χ2v) is 4.70. The van der Waals surface area contributed by atoms with Crippen LogP contribution in [0, 0.1) is 0 Å². The molecule has 0 amide bonds. The maximum Gasteiger partial charge on any atom is 0.0607 e. The molecule has 2 heterocycles. The Balaban J connectivity index is 1.91. The molecule has 3 rings (SSSR count). The fourth-order valence-electron chi connectivity index (χ4n) is 2.99. The van der Waals surface area contributed by atoms with Crippen LogP contribution < -0.4 is 0 Å². The third-order valence-electron chi connectivity index (χ3n) is 3.75. The lowest BCUT2D eigenvalue weighted by atomic mass is 9.91. The summed E-state index contributed by atoms with van der Waals surface area (Å²) in [5, 5.41) is 0. The Morgan fingerprint density at radius 3 is 2.93 bits per heavy atom. The lowest BCUT2D eigenvalue weighted by molar-refractivity contribution is 0.216. The van der Waals surface area contributed by atoms with Crippen LogP contribution in [0.5, 0.6) is 0 Å². The molecular weight excluding hydrogens is 184 g/mol. The highest BCUT2D eigenvalue weighted by atomic mass is 15.2. The van der Waals surface area contributed by atoms with Crippen LogP contribution in [0.15, 0.2) is 18.3 Å². The summed E-state index contributed by atoms with van der Waals surface area (Å²) in [5.41, 5.74) is 2.85. The summed E-state index contributed by atoms with van der Waals surface area (Å²) < 4.78 is 0. The fourth-order valence-corrected chi connectivity index (χ4v) is 2.99. The van der Waals surface area contributed by atoms with Gasteiger partial charge in [0.2, 0.25) is 0 Å². The van der Waals surface area contributed by atoms with Crippen molar-refractivity contribution in [2.45, 2.75) is 38.1 Å². The summed E-state index contributed by atoms with van der Waals surface area (Å²) in [6, 6.07) is 4.95. The molecular formula is C13H18N2. The zero-order chi connectivity index (χ0) is 10.1. The number of rotatable bonds is 1. The number of aromatic nitrogens is 1. The average molecular weight is 202 g/mol. The third-order valence-corrected chi connectivity index (χ3v) is 3.75. The topological polar surface area (TPSA) is 16.1 Å². The summed E-state index contributed by atoms with van der Waals surface area (Å²) in [7, 11) is 0. The lowest BCUT2D eigenvalue weighted by Crippen LogP contribution is -2.29. The number of hydrogen-bond donors (Lipinski definition) is 0. The van der Waals surface area contributed by atoms with Crippen LogP contribution in [-0.4, -0.2) is 23.0 Å². The Bertz CT molecular complexity index is 342. The first-order chi connectivity index (χ1) is 7.45. The van der Waals surface area contributed by atoms with Crippen LogP contribution in [0.3, 0.4) is 0 Å². The van der Waals surface area contributed by atoms with Gasteiger partial charge in [0, 0.05) is 6.20 Å². The molecule has 0 spiro atoms. The number of aryl methyl sites for hydroxylation is 1. The molecule has 0 radical (unpaired) electrons. The van der Waals surface area contributed by atoms with Gasteiger partial charge in [-0.1, -0.05) is 6.07 Å². The van der Waals surface area contributed by atoms with Gasteiger partial charge in [0.05, 0.1) is 11.7 Å². The van der Waals surface area contributed by atoms with E-state index in [-0.39, 0.29) is 0 Å². The van der Waals surface area contributed by atoms with Crippen LogP contribution >= 0.6 is 0 Å². The molecule has 1 fully saturated rings. The summed E-state index contributed by atoms with van der Waals surface area (Å²) in [5.74, 6) is 0. The van der Waals surface area contributed by atoms with Crippen molar-refractivity contribution < 1.29 is 0 Å². The minimum absolute atomic E-state index is 0.623. The van der Waals surface area contributed by atoms with E-state index in [1.165, 1.54) is 56.5 Å². The van der Waals surface area contributed by atoms with Crippen molar-refractivity contribution in [2.24, 2.45) is 0 Å². The van der Waals surface area contributed by atoms with Crippen molar-refractivity contribution in [2.75, 3.05) is 13.1 Å². The number of hydrogen-bond acceptors (Lipinski definition) is 2. The molecule has 1 unspecified atom stereocenters. The fraction of sp³-hybridized carbons (Fsp3) is 0.615. The zero-order valence-corrected chi connectivity index (χ0v) is 9.15. The number of likely N-dealkylation sites (tertiary alicyclic amines) is 1. The molecule has 0 N–H and O–H groups in total. The molecule has 80 valence electrons. The quantitative estimate of drug-likeness (QED) is 0.695.